The zero-order valence-electron chi connectivity index (χ0n) is 19.9. The second-order valence-corrected chi connectivity index (χ2v) is 7.86. The van der Waals surface area contributed by atoms with E-state index in [0.29, 0.717) is 37.6 Å². The molecule has 0 aliphatic carbocycles. The third-order valence-electron chi connectivity index (χ3n) is 5.75. The standard InChI is InChI=1S/C27H28N2O6/c1-3-34-26(31)21(18-23(19-10-6-5-7-11-19)28-14-16-33-17-15-28)24-20-12-8-9-13-22(20)29(25(24)30)27(32)35-4-2/h5-13,18H,3-4,14-17H2,1-2H3/b23-18-,24-21-. The topological polar surface area (TPSA) is 85.4 Å². The average molecular weight is 477 g/mol. The highest BCUT2D eigenvalue weighted by molar-refractivity contribution is 6.41. The van der Waals surface area contributed by atoms with Crippen LogP contribution < -0.4 is 4.90 Å². The van der Waals surface area contributed by atoms with Gasteiger partial charge in [-0.2, -0.15) is 0 Å². The molecule has 0 saturated carbocycles. The van der Waals surface area contributed by atoms with E-state index in [1.54, 1.807) is 44.2 Å². The molecule has 0 atom stereocenters. The lowest BCUT2D eigenvalue weighted by Crippen LogP contribution is -2.35. The molecule has 8 heteroatoms. The summed E-state index contributed by atoms with van der Waals surface area (Å²) >= 11 is 0. The Labute approximate surface area is 204 Å². The Morgan fingerprint density at radius 2 is 1.60 bits per heavy atom. The van der Waals surface area contributed by atoms with E-state index in [0.717, 1.165) is 16.2 Å². The molecule has 1 saturated heterocycles. The summed E-state index contributed by atoms with van der Waals surface area (Å²) in [6.07, 6.45) is 0.903. The molecule has 4 rings (SSSR count). The molecule has 0 unspecified atom stereocenters. The molecule has 182 valence electrons. The Balaban J connectivity index is 1.94. The lowest BCUT2D eigenvalue weighted by molar-refractivity contribution is -0.138. The second kappa shape index (κ2) is 11.0. The van der Waals surface area contributed by atoms with Crippen LogP contribution in [0, 0.1) is 0 Å². The number of para-hydroxylation sites is 1. The van der Waals surface area contributed by atoms with Crippen molar-refractivity contribution < 1.29 is 28.6 Å². The van der Waals surface area contributed by atoms with E-state index < -0.39 is 18.0 Å². The van der Waals surface area contributed by atoms with Crippen molar-refractivity contribution in [2.24, 2.45) is 0 Å². The van der Waals surface area contributed by atoms with Crippen molar-refractivity contribution in [2.75, 3.05) is 44.4 Å². The lowest BCUT2D eigenvalue weighted by atomic mass is 9.98. The third-order valence-corrected chi connectivity index (χ3v) is 5.75. The highest BCUT2D eigenvalue weighted by atomic mass is 16.6. The fourth-order valence-electron chi connectivity index (χ4n) is 4.20. The van der Waals surface area contributed by atoms with Gasteiger partial charge in [0.2, 0.25) is 0 Å². The summed E-state index contributed by atoms with van der Waals surface area (Å²) in [5, 5.41) is 0. The van der Waals surface area contributed by atoms with Crippen molar-refractivity contribution in [3.05, 3.63) is 77.4 Å². The molecule has 0 radical (unpaired) electrons. The first-order valence-corrected chi connectivity index (χ1v) is 11.7. The average Bonchev–Trinajstić information content (AvgIpc) is 3.17. The number of carbonyl (C=O) groups is 3. The van der Waals surface area contributed by atoms with Gasteiger partial charge in [0.05, 0.1) is 43.3 Å². The molecule has 0 N–H and O–H groups in total. The maximum atomic E-state index is 13.6. The number of rotatable bonds is 6. The Morgan fingerprint density at radius 3 is 2.29 bits per heavy atom. The van der Waals surface area contributed by atoms with Gasteiger partial charge < -0.3 is 19.1 Å². The summed E-state index contributed by atoms with van der Waals surface area (Å²) in [6.45, 7) is 5.99. The summed E-state index contributed by atoms with van der Waals surface area (Å²) in [5.74, 6) is -1.27. The van der Waals surface area contributed by atoms with Gasteiger partial charge in [-0.15, -0.1) is 0 Å². The van der Waals surface area contributed by atoms with E-state index in [1.807, 2.05) is 30.3 Å². The summed E-state index contributed by atoms with van der Waals surface area (Å²) in [7, 11) is 0. The van der Waals surface area contributed by atoms with E-state index >= 15 is 0 Å². The van der Waals surface area contributed by atoms with Crippen molar-refractivity contribution in [3.63, 3.8) is 0 Å². The van der Waals surface area contributed by atoms with Crippen LogP contribution in [0.15, 0.2) is 66.2 Å². The van der Waals surface area contributed by atoms with Crippen LogP contribution in [-0.4, -0.2) is 62.4 Å². The van der Waals surface area contributed by atoms with Crippen molar-refractivity contribution >= 4 is 34.9 Å². The lowest BCUT2D eigenvalue weighted by Gasteiger charge is -2.31. The Hall–Kier alpha value is -3.91. The number of nitrogens with zero attached hydrogens (tertiary/aromatic N) is 2. The van der Waals surface area contributed by atoms with Crippen LogP contribution in [-0.2, 0) is 23.8 Å². The molecule has 0 spiro atoms. The number of hydrogen-bond acceptors (Lipinski definition) is 7. The van der Waals surface area contributed by atoms with Gasteiger partial charge >= 0.3 is 12.1 Å². The number of imide groups is 1. The van der Waals surface area contributed by atoms with E-state index in [4.69, 9.17) is 14.2 Å². The number of morpholine rings is 1. The predicted octanol–water partition coefficient (Wildman–Crippen LogP) is 3.88. The first-order valence-electron chi connectivity index (χ1n) is 11.7. The molecule has 2 aliphatic heterocycles. The van der Waals surface area contributed by atoms with Gasteiger partial charge in [-0.1, -0.05) is 48.5 Å². The highest BCUT2D eigenvalue weighted by Crippen LogP contribution is 2.40. The molecule has 2 amide bonds. The maximum Gasteiger partial charge on any atom is 0.421 e. The SMILES string of the molecule is CCOC(=O)C(/C=C(/c1ccccc1)N1CCOCC1)=C1\C(=O)N(C(=O)OCC)c2ccccc21. The molecule has 2 aromatic rings. The zero-order chi connectivity index (χ0) is 24.8. The summed E-state index contributed by atoms with van der Waals surface area (Å²) < 4.78 is 16.0. The number of fused-ring (bicyclic) bond motifs is 1. The summed E-state index contributed by atoms with van der Waals surface area (Å²) in [5.41, 5.74) is 2.69. The zero-order valence-corrected chi connectivity index (χ0v) is 19.9. The first kappa shape index (κ1) is 24.2. The molecule has 2 heterocycles. The Morgan fingerprint density at radius 1 is 0.943 bits per heavy atom. The van der Waals surface area contributed by atoms with Gasteiger partial charge in [-0.25, -0.2) is 14.5 Å². The van der Waals surface area contributed by atoms with Gasteiger partial charge in [0.1, 0.15) is 0 Å². The number of ether oxygens (including phenoxy) is 3. The number of esters is 1. The number of hydrogen-bond donors (Lipinski definition) is 0. The number of benzene rings is 2. The minimum Gasteiger partial charge on any atom is -0.462 e. The van der Waals surface area contributed by atoms with Crippen LogP contribution in [0.1, 0.15) is 25.0 Å². The van der Waals surface area contributed by atoms with Crippen LogP contribution in [0.25, 0.3) is 11.3 Å². The summed E-state index contributed by atoms with van der Waals surface area (Å²) in [4.78, 5) is 42.7. The first-order chi connectivity index (χ1) is 17.1. The second-order valence-electron chi connectivity index (χ2n) is 7.86. The van der Waals surface area contributed by atoms with E-state index in [2.05, 4.69) is 4.90 Å². The van der Waals surface area contributed by atoms with E-state index in [-0.39, 0.29) is 24.4 Å². The van der Waals surface area contributed by atoms with Crippen LogP contribution >= 0.6 is 0 Å². The smallest absolute Gasteiger partial charge is 0.421 e. The van der Waals surface area contributed by atoms with Crippen molar-refractivity contribution in [1.82, 2.24) is 4.90 Å². The van der Waals surface area contributed by atoms with Gasteiger partial charge in [-0.05, 0) is 31.6 Å². The predicted molar refractivity (Wildman–Crippen MR) is 131 cm³/mol. The van der Waals surface area contributed by atoms with Gasteiger partial charge in [-0.3, -0.25) is 4.79 Å². The number of anilines is 1. The molecule has 2 aliphatic rings. The van der Waals surface area contributed by atoms with E-state index in [9.17, 15) is 14.4 Å². The fourth-order valence-corrected chi connectivity index (χ4v) is 4.20. The quantitative estimate of drug-likeness (QED) is 0.462. The van der Waals surface area contributed by atoms with Crippen LogP contribution in [0.4, 0.5) is 10.5 Å². The molecular formula is C27H28N2O6. The van der Waals surface area contributed by atoms with Crippen molar-refractivity contribution in [3.8, 4) is 0 Å². The molecule has 1 fully saturated rings. The van der Waals surface area contributed by atoms with Gasteiger partial charge in [0, 0.05) is 24.4 Å². The fraction of sp³-hybridized carbons (Fsp3) is 0.296. The molecule has 8 nitrogen and oxygen atoms in total. The number of carbonyl (C=O) groups excluding carboxylic acids is 3. The molecule has 35 heavy (non-hydrogen) atoms. The van der Waals surface area contributed by atoms with Crippen LogP contribution in [0.3, 0.4) is 0 Å². The third kappa shape index (κ3) is 4.97. The highest BCUT2D eigenvalue weighted by Gasteiger charge is 2.40. The Kier molecular flexibility index (Phi) is 7.62. The van der Waals surface area contributed by atoms with Crippen molar-refractivity contribution in [1.29, 1.82) is 0 Å². The van der Waals surface area contributed by atoms with Crippen LogP contribution in [0.2, 0.25) is 0 Å². The molecular weight excluding hydrogens is 448 g/mol. The monoisotopic (exact) mass is 476 g/mol. The van der Waals surface area contributed by atoms with Gasteiger partial charge in [0.15, 0.2) is 0 Å². The van der Waals surface area contributed by atoms with Crippen molar-refractivity contribution in [2.45, 2.75) is 13.8 Å². The number of amides is 2. The molecule has 2 aromatic carbocycles. The summed E-state index contributed by atoms with van der Waals surface area (Å²) in [6, 6.07) is 16.5. The van der Waals surface area contributed by atoms with Gasteiger partial charge in [0.25, 0.3) is 5.91 Å². The minimum absolute atomic E-state index is 0.0847. The maximum absolute atomic E-state index is 13.6. The molecule has 0 aromatic heterocycles. The molecule has 0 bridgehead atoms. The van der Waals surface area contributed by atoms with E-state index in [1.165, 1.54) is 0 Å². The Bertz CT molecular complexity index is 1170. The van der Waals surface area contributed by atoms with Crippen LogP contribution in [0.5, 0.6) is 0 Å². The minimum atomic E-state index is -0.788. The largest absolute Gasteiger partial charge is 0.462 e. The normalized spacial score (nSPS) is 17.2.